The van der Waals surface area contributed by atoms with Crippen LogP contribution >= 0.6 is 0 Å². The highest BCUT2D eigenvalue weighted by Crippen LogP contribution is 2.35. The van der Waals surface area contributed by atoms with Crippen LogP contribution in [0.4, 0.5) is 0 Å². The van der Waals surface area contributed by atoms with Crippen LogP contribution in [0.25, 0.3) is 0 Å². The summed E-state index contributed by atoms with van der Waals surface area (Å²) in [5, 5.41) is 19.2. The molecular weight excluding hydrogens is 300 g/mol. The van der Waals surface area contributed by atoms with Gasteiger partial charge in [0.15, 0.2) is 0 Å². The standard InChI is InChI=1S/C20H26N2O2/c21-14-16-9-7-15(8-10-16)11-12-20(24)22-13-3-5-18(22)17-4-1-2-6-19(17)23/h7-10,17-19,23H,1-6,11-13H2/t17-,18+,19+/m0/s1. The Bertz CT molecular complexity index is 605. The van der Waals surface area contributed by atoms with Crippen molar-refractivity contribution in [1.82, 2.24) is 4.90 Å². The number of hydrogen-bond donors (Lipinski definition) is 1. The van der Waals surface area contributed by atoms with Crippen LogP contribution in [-0.4, -0.2) is 34.6 Å². The number of carbonyl (C=O) groups excluding carboxylic acids is 1. The zero-order valence-electron chi connectivity index (χ0n) is 14.2. The first-order chi connectivity index (χ1) is 11.7. The molecule has 1 saturated carbocycles. The van der Waals surface area contributed by atoms with E-state index in [0.717, 1.165) is 44.2 Å². The lowest BCUT2D eigenvalue weighted by Crippen LogP contribution is -2.45. The summed E-state index contributed by atoms with van der Waals surface area (Å²) in [6.07, 6.45) is 7.27. The van der Waals surface area contributed by atoms with Crippen molar-refractivity contribution in [3.8, 4) is 6.07 Å². The second-order valence-electron chi connectivity index (χ2n) is 7.12. The molecular formula is C20H26N2O2. The molecule has 1 heterocycles. The topological polar surface area (TPSA) is 64.3 Å². The van der Waals surface area contributed by atoms with Crippen molar-refractivity contribution in [3.05, 3.63) is 35.4 Å². The van der Waals surface area contributed by atoms with Crippen molar-refractivity contribution in [2.24, 2.45) is 5.92 Å². The molecule has 128 valence electrons. The van der Waals surface area contributed by atoms with Gasteiger partial charge in [0, 0.05) is 24.9 Å². The third kappa shape index (κ3) is 3.79. The van der Waals surface area contributed by atoms with E-state index in [1.165, 1.54) is 6.42 Å². The minimum absolute atomic E-state index is 0.208. The minimum atomic E-state index is -0.240. The van der Waals surface area contributed by atoms with Crippen molar-refractivity contribution in [2.45, 2.75) is 63.5 Å². The van der Waals surface area contributed by atoms with E-state index < -0.39 is 0 Å². The van der Waals surface area contributed by atoms with Gasteiger partial charge in [-0.15, -0.1) is 0 Å². The Hall–Kier alpha value is -1.86. The molecule has 24 heavy (non-hydrogen) atoms. The first-order valence-corrected chi connectivity index (χ1v) is 9.15. The average molecular weight is 326 g/mol. The number of nitriles is 1. The van der Waals surface area contributed by atoms with Crippen LogP contribution in [0.3, 0.4) is 0 Å². The molecule has 1 amide bonds. The average Bonchev–Trinajstić information content (AvgIpc) is 3.10. The molecule has 1 aliphatic heterocycles. The Labute approximate surface area is 144 Å². The Morgan fingerprint density at radius 3 is 2.62 bits per heavy atom. The molecule has 1 saturated heterocycles. The fourth-order valence-electron chi connectivity index (χ4n) is 4.28. The largest absolute Gasteiger partial charge is 0.393 e. The zero-order valence-corrected chi connectivity index (χ0v) is 14.2. The highest BCUT2D eigenvalue weighted by Gasteiger charge is 2.38. The molecule has 0 aromatic heterocycles. The SMILES string of the molecule is N#Cc1ccc(CCC(=O)N2CCC[C@@H]2[C@@H]2CCCC[C@H]2O)cc1. The Morgan fingerprint density at radius 1 is 1.17 bits per heavy atom. The monoisotopic (exact) mass is 326 g/mol. The highest BCUT2D eigenvalue weighted by molar-refractivity contribution is 5.77. The van der Waals surface area contributed by atoms with Gasteiger partial charge < -0.3 is 10.0 Å². The smallest absolute Gasteiger partial charge is 0.223 e. The maximum Gasteiger partial charge on any atom is 0.223 e. The van der Waals surface area contributed by atoms with Gasteiger partial charge in [0.05, 0.1) is 17.7 Å². The normalized spacial score (nSPS) is 27.0. The predicted octanol–water partition coefficient (Wildman–Crippen LogP) is 3.03. The summed E-state index contributed by atoms with van der Waals surface area (Å²) in [5.41, 5.74) is 1.74. The van der Waals surface area contributed by atoms with Gasteiger partial charge in [-0.3, -0.25) is 4.79 Å². The molecule has 0 unspecified atom stereocenters. The molecule has 4 heteroatoms. The molecule has 3 atom stereocenters. The molecule has 0 spiro atoms. The first kappa shape index (κ1) is 17.0. The zero-order chi connectivity index (χ0) is 16.9. The van der Waals surface area contributed by atoms with Gasteiger partial charge in [0.25, 0.3) is 0 Å². The van der Waals surface area contributed by atoms with Crippen molar-refractivity contribution in [2.75, 3.05) is 6.54 Å². The molecule has 2 aliphatic rings. The lowest BCUT2D eigenvalue weighted by atomic mass is 9.80. The van der Waals surface area contributed by atoms with Gasteiger partial charge in [-0.05, 0) is 49.8 Å². The van der Waals surface area contributed by atoms with E-state index in [4.69, 9.17) is 5.26 Å². The molecule has 1 N–H and O–H groups in total. The number of benzene rings is 1. The molecule has 1 aromatic carbocycles. The van der Waals surface area contributed by atoms with Crippen molar-refractivity contribution >= 4 is 5.91 Å². The molecule has 1 aliphatic carbocycles. The van der Waals surface area contributed by atoms with E-state index in [1.807, 2.05) is 17.0 Å². The maximum atomic E-state index is 12.7. The van der Waals surface area contributed by atoms with Gasteiger partial charge in [-0.25, -0.2) is 0 Å². The predicted molar refractivity (Wildman–Crippen MR) is 92.2 cm³/mol. The van der Waals surface area contributed by atoms with Crippen LogP contribution in [0.15, 0.2) is 24.3 Å². The van der Waals surface area contributed by atoms with E-state index in [9.17, 15) is 9.90 Å². The number of aliphatic hydroxyl groups excluding tert-OH is 1. The van der Waals surface area contributed by atoms with Crippen molar-refractivity contribution < 1.29 is 9.90 Å². The first-order valence-electron chi connectivity index (χ1n) is 9.15. The Balaban J connectivity index is 1.58. The fraction of sp³-hybridized carbons (Fsp3) is 0.600. The third-order valence-corrected chi connectivity index (χ3v) is 5.61. The van der Waals surface area contributed by atoms with Gasteiger partial charge in [0.2, 0.25) is 5.91 Å². The second-order valence-corrected chi connectivity index (χ2v) is 7.12. The summed E-state index contributed by atoms with van der Waals surface area (Å²) in [6.45, 7) is 0.833. The van der Waals surface area contributed by atoms with Crippen LogP contribution in [0.5, 0.6) is 0 Å². The summed E-state index contributed by atoms with van der Waals surface area (Å²) in [7, 11) is 0. The molecule has 1 aromatic rings. The summed E-state index contributed by atoms with van der Waals surface area (Å²) in [4.78, 5) is 14.7. The van der Waals surface area contributed by atoms with Crippen LogP contribution in [0.1, 0.15) is 56.1 Å². The maximum absolute atomic E-state index is 12.7. The fourth-order valence-corrected chi connectivity index (χ4v) is 4.28. The number of likely N-dealkylation sites (tertiary alicyclic amines) is 1. The van der Waals surface area contributed by atoms with E-state index in [0.29, 0.717) is 18.4 Å². The summed E-state index contributed by atoms with van der Waals surface area (Å²) < 4.78 is 0. The number of nitrogens with zero attached hydrogens (tertiary/aromatic N) is 2. The molecule has 4 nitrogen and oxygen atoms in total. The van der Waals surface area contributed by atoms with E-state index >= 15 is 0 Å². The number of carbonyl (C=O) groups is 1. The van der Waals surface area contributed by atoms with Crippen LogP contribution in [0.2, 0.25) is 0 Å². The lowest BCUT2D eigenvalue weighted by Gasteiger charge is -2.37. The molecule has 2 fully saturated rings. The number of rotatable bonds is 4. The van der Waals surface area contributed by atoms with Gasteiger partial charge in [-0.2, -0.15) is 5.26 Å². The van der Waals surface area contributed by atoms with Crippen LogP contribution in [0, 0.1) is 17.2 Å². The molecule has 3 rings (SSSR count). The van der Waals surface area contributed by atoms with Crippen LogP contribution in [-0.2, 0) is 11.2 Å². The second kappa shape index (κ2) is 7.81. The van der Waals surface area contributed by atoms with E-state index in [2.05, 4.69) is 6.07 Å². The van der Waals surface area contributed by atoms with Crippen LogP contribution < -0.4 is 0 Å². The number of aliphatic hydroxyl groups is 1. The van der Waals surface area contributed by atoms with Gasteiger partial charge in [-0.1, -0.05) is 25.0 Å². The molecule has 0 bridgehead atoms. The molecule has 0 radical (unpaired) electrons. The Kier molecular flexibility index (Phi) is 5.52. The van der Waals surface area contributed by atoms with Crippen molar-refractivity contribution in [1.29, 1.82) is 5.26 Å². The minimum Gasteiger partial charge on any atom is -0.393 e. The lowest BCUT2D eigenvalue weighted by molar-refractivity contribution is -0.134. The van der Waals surface area contributed by atoms with Crippen molar-refractivity contribution in [3.63, 3.8) is 0 Å². The number of aryl methyl sites for hydroxylation is 1. The summed E-state index contributed by atoms with van der Waals surface area (Å²) in [5.74, 6) is 0.472. The van der Waals surface area contributed by atoms with E-state index in [-0.39, 0.29) is 24.0 Å². The summed E-state index contributed by atoms with van der Waals surface area (Å²) in [6, 6.07) is 9.80. The Morgan fingerprint density at radius 2 is 1.92 bits per heavy atom. The quantitative estimate of drug-likeness (QED) is 0.925. The van der Waals surface area contributed by atoms with Gasteiger partial charge >= 0.3 is 0 Å². The summed E-state index contributed by atoms with van der Waals surface area (Å²) >= 11 is 0. The number of amides is 1. The van der Waals surface area contributed by atoms with E-state index in [1.54, 1.807) is 12.1 Å². The van der Waals surface area contributed by atoms with Gasteiger partial charge in [0.1, 0.15) is 0 Å². The number of hydrogen-bond acceptors (Lipinski definition) is 3. The third-order valence-electron chi connectivity index (χ3n) is 5.61. The highest BCUT2D eigenvalue weighted by atomic mass is 16.3.